The number of halogens is 1. The molecule has 15 heavy (non-hydrogen) atoms. The predicted octanol–water partition coefficient (Wildman–Crippen LogP) is 1.74. The average Bonchev–Trinajstić information content (AvgIpc) is 2.16. The summed E-state index contributed by atoms with van der Waals surface area (Å²) in [4.78, 5) is 20.8. The smallest absolute Gasteiger partial charge is 0.339 e. The maximum atomic E-state index is 11.1. The molecule has 0 fully saturated rings. The quantitative estimate of drug-likeness (QED) is 0.476. The fraction of sp³-hybridized carbons (Fsp3) is 0.125. The van der Waals surface area contributed by atoms with Crippen LogP contribution >= 0.6 is 11.6 Å². The van der Waals surface area contributed by atoms with Crippen LogP contribution in [-0.4, -0.2) is 23.1 Å². The van der Waals surface area contributed by atoms with Crippen LogP contribution in [-0.2, 0) is 4.74 Å². The highest BCUT2D eigenvalue weighted by molar-refractivity contribution is 6.35. The zero-order valence-electron chi connectivity index (χ0n) is 7.56. The second-order valence-electron chi connectivity index (χ2n) is 2.54. The minimum Gasteiger partial charge on any atom is -0.502 e. The Bertz CT molecular complexity index is 431. The lowest BCUT2D eigenvalue weighted by molar-refractivity contribution is -0.385. The number of carbonyl (C=O) groups is 1. The maximum absolute atomic E-state index is 11.1. The van der Waals surface area contributed by atoms with E-state index in [1.54, 1.807) is 0 Å². The van der Waals surface area contributed by atoms with Crippen molar-refractivity contribution in [1.29, 1.82) is 0 Å². The molecule has 1 N–H and O–H groups in total. The lowest BCUT2D eigenvalue weighted by atomic mass is 10.2. The minimum absolute atomic E-state index is 0.163. The van der Waals surface area contributed by atoms with E-state index in [1.807, 2.05) is 0 Å². The van der Waals surface area contributed by atoms with Gasteiger partial charge in [-0.2, -0.15) is 0 Å². The molecule has 0 saturated carbocycles. The largest absolute Gasteiger partial charge is 0.502 e. The number of aromatic hydroxyl groups is 1. The number of carbonyl (C=O) groups excluding carboxylic acids is 1. The highest BCUT2D eigenvalue weighted by Crippen LogP contribution is 2.36. The number of methoxy groups -OCH3 is 1. The number of esters is 1. The van der Waals surface area contributed by atoms with Crippen molar-refractivity contribution in [3.8, 4) is 5.75 Å². The van der Waals surface area contributed by atoms with E-state index in [2.05, 4.69) is 4.74 Å². The Kier molecular flexibility index (Phi) is 3.11. The van der Waals surface area contributed by atoms with E-state index in [1.165, 1.54) is 0 Å². The van der Waals surface area contributed by atoms with Crippen molar-refractivity contribution in [2.24, 2.45) is 0 Å². The van der Waals surface area contributed by atoms with Gasteiger partial charge in [-0.1, -0.05) is 11.6 Å². The molecule has 0 aliphatic heterocycles. The van der Waals surface area contributed by atoms with Gasteiger partial charge >= 0.3 is 11.7 Å². The number of hydrogen-bond acceptors (Lipinski definition) is 5. The Morgan fingerprint density at radius 2 is 2.20 bits per heavy atom. The van der Waals surface area contributed by atoms with Crippen LogP contribution in [0.1, 0.15) is 10.4 Å². The van der Waals surface area contributed by atoms with Gasteiger partial charge < -0.3 is 9.84 Å². The third-order valence-electron chi connectivity index (χ3n) is 1.68. The Balaban J connectivity index is 3.41. The van der Waals surface area contributed by atoms with Gasteiger partial charge in [0.1, 0.15) is 5.02 Å². The number of phenolic OH excluding ortho intramolecular Hbond substituents is 1. The van der Waals surface area contributed by atoms with Gasteiger partial charge in [-0.25, -0.2) is 4.79 Å². The Morgan fingerprint density at radius 3 is 2.67 bits per heavy atom. The normalized spacial score (nSPS) is 9.73. The van der Waals surface area contributed by atoms with Gasteiger partial charge in [0.05, 0.1) is 17.6 Å². The van der Waals surface area contributed by atoms with Gasteiger partial charge in [-0.15, -0.1) is 0 Å². The van der Waals surface area contributed by atoms with Crippen molar-refractivity contribution in [3.05, 3.63) is 32.8 Å². The first-order valence-electron chi connectivity index (χ1n) is 3.73. The molecule has 1 rings (SSSR count). The summed E-state index contributed by atoms with van der Waals surface area (Å²) >= 11 is 5.58. The Hall–Kier alpha value is -1.82. The summed E-state index contributed by atoms with van der Waals surface area (Å²) in [6.45, 7) is 0. The number of rotatable bonds is 2. The second kappa shape index (κ2) is 4.14. The van der Waals surface area contributed by atoms with Gasteiger partial charge in [0, 0.05) is 0 Å². The van der Waals surface area contributed by atoms with Crippen LogP contribution in [0, 0.1) is 10.1 Å². The molecule has 0 bridgehead atoms. The lowest BCUT2D eigenvalue weighted by Crippen LogP contribution is -2.03. The van der Waals surface area contributed by atoms with E-state index in [-0.39, 0.29) is 5.56 Å². The van der Waals surface area contributed by atoms with Gasteiger partial charge in [0.2, 0.25) is 0 Å². The molecule has 0 aliphatic rings. The third kappa shape index (κ3) is 1.99. The number of nitro groups is 1. The van der Waals surface area contributed by atoms with Crippen molar-refractivity contribution in [2.75, 3.05) is 7.11 Å². The first-order valence-corrected chi connectivity index (χ1v) is 4.11. The number of ether oxygens (including phenoxy) is 1. The van der Waals surface area contributed by atoms with Crippen molar-refractivity contribution >= 4 is 23.3 Å². The summed E-state index contributed by atoms with van der Waals surface area (Å²) in [7, 11) is 1.12. The van der Waals surface area contributed by atoms with E-state index in [9.17, 15) is 14.9 Å². The van der Waals surface area contributed by atoms with Crippen molar-refractivity contribution in [3.63, 3.8) is 0 Å². The van der Waals surface area contributed by atoms with E-state index in [0.29, 0.717) is 0 Å². The first kappa shape index (κ1) is 11.3. The molecule has 0 heterocycles. The predicted molar refractivity (Wildman–Crippen MR) is 51.1 cm³/mol. The van der Waals surface area contributed by atoms with Gasteiger partial charge in [-0.3, -0.25) is 10.1 Å². The van der Waals surface area contributed by atoms with Crippen molar-refractivity contribution < 1.29 is 19.6 Å². The molecule has 0 radical (unpaired) electrons. The van der Waals surface area contributed by atoms with E-state index < -0.39 is 27.4 Å². The molecular weight excluding hydrogens is 226 g/mol. The number of nitro benzene ring substituents is 1. The minimum atomic E-state index is -0.871. The zero-order valence-corrected chi connectivity index (χ0v) is 8.32. The Labute approximate surface area is 89.2 Å². The summed E-state index contributed by atoms with van der Waals surface area (Å²) in [5, 5.41) is 19.2. The van der Waals surface area contributed by atoms with Crippen LogP contribution in [0.25, 0.3) is 0 Å². The van der Waals surface area contributed by atoms with Gasteiger partial charge in [0.15, 0.2) is 5.75 Å². The number of hydrogen-bond donors (Lipinski definition) is 1. The molecule has 1 aromatic carbocycles. The molecule has 80 valence electrons. The summed E-state index contributed by atoms with van der Waals surface area (Å²) in [6.07, 6.45) is 0. The standard InChI is InChI=1S/C8H6ClNO5/c1-15-8(12)4-2-3-5(11)7(6(4)9)10(13)14/h2-3,11H,1H3. The lowest BCUT2D eigenvalue weighted by Gasteiger charge is -2.03. The molecule has 0 amide bonds. The maximum Gasteiger partial charge on any atom is 0.339 e. The van der Waals surface area contributed by atoms with Crippen LogP contribution in [0.3, 0.4) is 0 Å². The third-order valence-corrected chi connectivity index (χ3v) is 2.07. The monoisotopic (exact) mass is 231 g/mol. The molecule has 0 atom stereocenters. The fourth-order valence-electron chi connectivity index (χ4n) is 0.996. The summed E-state index contributed by atoms with van der Waals surface area (Å²) < 4.78 is 4.36. The van der Waals surface area contributed by atoms with Gasteiger partial charge in [0.25, 0.3) is 0 Å². The fourth-order valence-corrected chi connectivity index (χ4v) is 1.30. The van der Waals surface area contributed by atoms with Gasteiger partial charge in [-0.05, 0) is 12.1 Å². The van der Waals surface area contributed by atoms with Crippen LogP contribution in [0.15, 0.2) is 12.1 Å². The molecular formula is C8H6ClNO5. The highest BCUT2D eigenvalue weighted by Gasteiger charge is 2.25. The molecule has 0 aliphatic carbocycles. The molecule has 7 heteroatoms. The second-order valence-corrected chi connectivity index (χ2v) is 2.92. The van der Waals surface area contributed by atoms with Crippen LogP contribution in [0.2, 0.25) is 5.02 Å². The molecule has 1 aromatic rings. The number of phenols is 1. The van der Waals surface area contributed by atoms with E-state index in [0.717, 1.165) is 19.2 Å². The van der Waals surface area contributed by atoms with E-state index >= 15 is 0 Å². The summed E-state index contributed by atoms with van der Waals surface area (Å²) in [6, 6.07) is 2.16. The zero-order chi connectivity index (χ0) is 11.6. The van der Waals surface area contributed by atoms with E-state index in [4.69, 9.17) is 16.7 Å². The molecule has 0 unspecified atom stereocenters. The summed E-state index contributed by atoms with van der Waals surface area (Å²) in [5.74, 6) is -1.40. The molecule has 6 nitrogen and oxygen atoms in total. The molecule has 0 saturated heterocycles. The number of benzene rings is 1. The first-order chi connectivity index (χ1) is 6.99. The van der Waals surface area contributed by atoms with Crippen molar-refractivity contribution in [2.45, 2.75) is 0 Å². The topological polar surface area (TPSA) is 89.7 Å². The van der Waals surface area contributed by atoms with Crippen LogP contribution in [0.5, 0.6) is 5.75 Å². The molecule has 0 aromatic heterocycles. The molecule has 0 spiro atoms. The Morgan fingerprint density at radius 1 is 1.60 bits per heavy atom. The number of nitrogens with zero attached hydrogens (tertiary/aromatic N) is 1. The summed E-state index contributed by atoms with van der Waals surface area (Å²) in [5.41, 5.74) is -0.872. The highest BCUT2D eigenvalue weighted by atomic mass is 35.5. The average molecular weight is 232 g/mol. The van der Waals surface area contributed by atoms with Crippen LogP contribution < -0.4 is 0 Å². The van der Waals surface area contributed by atoms with Crippen LogP contribution in [0.4, 0.5) is 5.69 Å². The SMILES string of the molecule is COC(=O)c1ccc(O)c([N+](=O)[O-])c1Cl. The van der Waals surface area contributed by atoms with Crippen molar-refractivity contribution in [1.82, 2.24) is 0 Å².